The van der Waals surface area contributed by atoms with E-state index in [9.17, 15) is 10.2 Å². The first-order chi connectivity index (χ1) is 17.7. The molecular weight excluding hydrogens is 444 g/mol. The van der Waals surface area contributed by atoms with Crippen LogP contribution in [0.5, 0.6) is 11.8 Å². The van der Waals surface area contributed by atoms with Crippen molar-refractivity contribution in [1.29, 1.82) is 0 Å². The van der Waals surface area contributed by atoms with Gasteiger partial charge in [0.05, 0.1) is 0 Å². The maximum atomic E-state index is 11.5. The summed E-state index contributed by atoms with van der Waals surface area (Å²) in [4.78, 5) is 2.67. The number of rotatable bonds is 4. The molecule has 2 N–H and O–H groups in total. The minimum atomic E-state index is -0.0133. The summed E-state index contributed by atoms with van der Waals surface area (Å²) >= 11 is 0. The molecule has 0 spiro atoms. The molecule has 3 aromatic rings. The quantitative estimate of drug-likeness (QED) is 0.347. The van der Waals surface area contributed by atoms with Crippen molar-refractivity contribution in [3.8, 4) is 11.8 Å². The molecule has 1 saturated heterocycles. The van der Waals surface area contributed by atoms with Crippen LogP contribution in [-0.4, -0.2) is 39.3 Å². The Morgan fingerprint density at radius 2 is 1.11 bits per heavy atom. The Morgan fingerprint density at radius 3 is 1.58 bits per heavy atom. The summed E-state index contributed by atoms with van der Waals surface area (Å²) in [5.41, 5.74) is 6.90. The average molecular weight is 477 g/mol. The molecule has 4 bridgehead atoms. The zero-order valence-corrected chi connectivity index (χ0v) is 20.4. The molecule has 2 saturated carbocycles. The number of likely N-dealkylation sites (tertiary alicyclic amines) is 1. The molecule has 11 rings (SSSR count). The van der Waals surface area contributed by atoms with E-state index in [4.69, 9.17) is 0 Å². The molecular formula is C32H32N2O2. The maximum Gasteiger partial charge on any atom is 0.198 e. The Labute approximate surface area is 211 Å². The smallest absolute Gasteiger partial charge is 0.198 e. The van der Waals surface area contributed by atoms with Crippen LogP contribution in [0.4, 0.5) is 0 Å². The van der Waals surface area contributed by atoms with E-state index in [0.29, 0.717) is 6.54 Å². The third-order valence-corrected chi connectivity index (χ3v) is 10.9. The van der Waals surface area contributed by atoms with Crippen LogP contribution in [0.1, 0.15) is 58.1 Å². The van der Waals surface area contributed by atoms with E-state index in [1.165, 1.54) is 41.8 Å². The molecule has 3 fully saturated rings. The average Bonchev–Trinajstić information content (AvgIpc) is 3.56. The molecule has 6 unspecified atom stereocenters. The molecule has 36 heavy (non-hydrogen) atoms. The van der Waals surface area contributed by atoms with Crippen molar-refractivity contribution in [3.05, 3.63) is 94.1 Å². The van der Waals surface area contributed by atoms with Gasteiger partial charge in [-0.2, -0.15) is 0 Å². The van der Waals surface area contributed by atoms with Gasteiger partial charge in [-0.05, 0) is 77.1 Å². The SMILES string of the molecule is Oc1c2c(c(O)n1CCCN1CC3C4C=CC(C5CC45)C3C1)C1c3ccccc3C2c2ccccc21. The van der Waals surface area contributed by atoms with Crippen molar-refractivity contribution in [1.82, 2.24) is 9.47 Å². The summed E-state index contributed by atoms with van der Waals surface area (Å²) in [6.45, 7) is 4.15. The second-order valence-electron chi connectivity index (χ2n) is 12.3. The number of nitrogens with zero attached hydrogens (tertiary/aromatic N) is 2. The van der Waals surface area contributed by atoms with E-state index >= 15 is 0 Å². The van der Waals surface area contributed by atoms with Gasteiger partial charge in [0.15, 0.2) is 11.8 Å². The number of allylic oxidation sites excluding steroid dienone is 2. The molecule has 7 aliphatic carbocycles. The Bertz CT molecular complexity index is 1310. The summed E-state index contributed by atoms with van der Waals surface area (Å²) < 4.78 is 1.80. The van der Waals surface area contributed by atoms with E-state index in [-0.39, 0.29) is 23.6 Å². The van der Waals surface area contributed by atoms with Gasteiger partial charge in [-0.15, -0.1) is 0 Å². The first kappa shape index (κ1) is 20.1. The highest BCUT2D eigenvalue weighted by Gasteiger charge is 2.61. The lowest BCUT2D eigenvalue weighted by atomic mass is 9.62. The molecule has 8 aliphatic rings. The number of benzene rings is 2. The van der Waals surface area contributed by atoms with Crippen LogP contribution in [0.25, 0.3) is 0 Å². The zero-order valence-electron chi connectivity index (χ0n) is 20.4. The highest BCUT2D eigenvalue weighted by Crippen LogP contribution is 2.65. The largest absolute Gasteiger partial charge is 0.494 e. The lowest BCUT2D eigenvalue weighted by Crippen LogP contribution is -2.37. The third kappa shape index (κ3) is 2.40. The van der Waals surface area contributed by atoms with E-state index in [2.05, 4.69) is 65.6 Å². The van der Waals surface area contributed by atoms with Crippen molar-refractivity contribution in [2.75, 3.05) is 19.6 Å². The van der Waals surface area contributed by atoms with Crippen LogP contribution in [0.2, 0.25) is 0 Å². The fourth-order valence-corrected chi connectivity index (χ4v) is 9.42. The lowest BCUT2D eigenvalue weighted by molar-refractivity contribution is 0.156. The molecule has 4 nitrogen and oxygen atoms in total. The molecule has 4 heteroatoms. The predicted molar refractivity (Wildman–Crippen MR) is 138 cm³/mol. The summed E-state index contributed by atoms with van der Waals surface area (Å²) in [6.07, 6.45) is 7.52. The minimum Gasteiger partial charge on any atom is -0.494 e. The topological polar surface area (TPSA) is 48.6 Å². The molecule has 1 aliphatic heterocycles. The van der Waals surface area contributed by atoms with Gasteiger partial charge >= 0.3 is 0 Å². The van der Waals surface area contributed by atoms with Gasteiger partial charge < -0.3 is 15.1 Å². The van der Waals surface area contributed by atoms with Crippen LogP contribution in [0, 0.1) is 35.5 Å². The molecule has 182 valence electrons. The highest BCUT2D eigenvalue weighted by atomic mass is 16.3. The molecule has 2 heterocycles. The monoisotopic (exact) mass is 476 g/mol. The second kappa shape index (κ2) is 6.86. The van der Waals surface area contributed by atoms with Crippen molar-refractivity contribution in [2.24, 2.45) is 35.5 Å². The normalized spacial score (nSPS) is 35.8. The molecule has 6 atom stereocenters. The van der Waals surface area contributed by atoms with Gasteiger partial charge in [0.1, 0.15) is 0 Å². The molecule has 0 amide bonds. The first-order valence-corrected chi connectivity index (χ1v) is 13.9. The van der Waals surface area contributed by atoms with E-state index in [0.717, 1.165) is 59.6 Å². The van der Waals surface area contributed by atoms with E-state index in [1.54, 1.807) is 4.57 Å². The van der Waals surface area contributed by atoms with Gasteiger partial charge in [-0.3, -0.25) is 4.57 Å². The maximum absolute atomic E-state index is 11.5. The fraction of sp³-hybridized carbons (Fsp3) is 0.438. The van der Waals surface area contributed by atoms with Gasteiger partial charge in [-0.25, -0.2) is 0 Å². The second-order valence-corrected chi connectivity index (χ2v) is 12.3. The fourth-order valence-electron chi connectivity index (χ4n) is 9.42. The van der Waals surface area contributed by atoms with Crippen LogP contribution in [-0.2, 0) is 6.54 Å². The van der Waals surface area contributed by atoms with Crippen LogP contribution in [0.3, 0.4) is 0 Å². The van der Waals surface area contributed by atoms with E-state index in [1.807, 2.05) is 0 Å². The van der Waals surface area contributed by atoms with Gasteiger partial charge in [0.2, 0.25) is 0 Å². The van der Waals surface area contributed by atoms with Crippen LogP contribution in [0.15, 0.2) is 60.7 Å². The molecule has 1 aromatic heterocycles. The molecule has 2 aromatic carbocycles. The third-order valence-electron chi connectivity index (χ3n) is 10.9. The lowest BCUT2D eigenvalue weighted by Gasteiger charge is -2.40. The number of aromatic hydroxyl groups is 2. The van der Waals surface area contributed by atoms with Crippen LogP contribution >= 0.6 is 0 Å². The Hall–Kier alpha value is -2.98. The number of aromatic nitrogens is 1. The van der Waals surface area contributed by atoms with Crippen molar-refractivity contribution >= 4 is 0 Å². The minimum absolute atomic E-state index is 0.0133. The summed E-state index contributed by atoms with van der Waals surface area (Å²) in [6, 6.07) is 17.1. The van der Waals surface area contributed by atoms with Crippen molar-refractivity contribution < 1.29 is 10.2 Å². The Morgan fingerprint density at radius 1 is 0.639 bits per heavy atom. The summed E-state index contributed by atoms with van der Waals surface area (Å²) in [7, 11) is 0. The number of hydrogen-bond acceptors (Lipinski definition) is 3. The Balaban J connectivity index is 0.998. The molecule has 0 radical (unpaired) electrons. The van der Waals surface area contributed by atoms with Gasteiger partial charge in [0, 0.05) is 42.6 Å². The predicted octanol–water partition coefficient (Wildman–Crippen LogP) is 5.28. The van der Waals surface area contributed by atoms with Crippen molar-refractivity contribution in [2.45, 2.75) is 31.2 Å². The first-order valence-electron chi connectivity index (χ1n) is 13.9. The summed E-state index contributed by atoms with van der Waals surface area (Å²) in [5.74, 6) is 5.86. The standard InChI is InChI=1S/C32H32N2O2/c35-31-29-27-19-6-1-2-7-20(19)28(22-9-4-3-8-21(22)27)30(29)32(36)34(31)13-5-12-33-15-25-17-10-11-18(26(25)16-33)24-14-23(17)24/h1-4,6-11,17-18,23-28,35-36H,5,12-16H2. The van der Waals surface area contributed by atoms with Gasteiger partial charge in [0.25, 0.3) is 0 Å². The highest BCUT2D eigenvalue weighted by molar-refractivity contribution is 5.72. The Kier molecular flexibility index (Phi) is 3.83. The summed E-state index contributed by atoms with van der Waals surface area (Å²) in [5, 5.41) is 23.0. The van der Waals surface area contributed by atoms with Crippen LogP contribution < -0.4 is 0 Å². The van der Waals surface area contributed by atoms with Crippen molar-refractivity contribution in [3.63, 3.8) is 0 Å². The zero-order chi connectivity index (χ0) is 23.7. The van der Waals surface area contributed by atoms with Gasteiger partial charge in [-0.1, -0.05) is 60.7 Å². The van der Waals surface area contributed by atoms with E-state index < -0.39 is 0 Å². The number of hydrogen-bond donors (Lipinski definition) is 2.